The summed E-state index contributed by atoms with van der Waals surface area (Å²) in [6.45, 7) is 1.89. The third kappa shape index (κ3) is 2.99. The maximum absolute atomic E-state index is 13.4. The molecule has 0 atom stereocenters. The van der Waals surface area contributed by atoms with E-state index in [1.807, 2.05) is 73.7 Å². The molecule has 0 saturated heterocycles. The van der Waals surface area contributed by atoms with Crippen molar-refractivity contribution < 1.29 is 14.3 Å². The molecule has 1 aliphatic heterocycles. The van der Waals surface area contributed by atoms with Crippen LogP contribution in [-0.2, 0) is 4.79 Å². The van der Waals surface area contributed by atoms with Gasteiger partial charge in [-0.25, -0.2) is 4.90 Å². The number of aryl methyl sites for hydroxylation is 1. The highest BCUT2D eigenvalue weighted by atomic mass is 16.5. The standard InChI is InChI=1S/C24H19NO3/c1-16-7-3-6-10-22(16)25-23(26)20-9-5-4-8-19(20)21(24(25)27)15-17-11-13-18(28-2)14-12-17/h3-15H,1-2H3/b21-15-. The molecule has 0 fully saturated rings. The molecule has 0 spiro atoms. The highest BCUT2D eigenvalue weighted by Crippen LogP contribution is 2.34. The maximum atomic E-state index is 13.4. The second-order valence-corrected chi connectivity index (χ2v) is 6.61. The van der Waals surface area contributed by atoms with Crippen molar-refractivity contribution in [3.05, 3.63) is 95.1 Å². The van der Waals surface area contributed by atoms with E-state index in [0.29, 0.717) is 22.4 Å². The molecule has 0 radical (unpaired) electrons. The first-order chi connectivity index (χ1) is 13.6. The monoisotopic (exact) mass is 369 g/mol. The van der Waals surface area contributed by atoms with Gasteiger partial charge in [0, 0.05) is 11.1 Å². The first kappa shape index (κ1) is 17.7. The first-order valence-electron chi connectivity index (χ1n) is 8.99. The zero-order valence-corrected chi connectivity index (χ0v) is 15.7. The van der Waals surface area contributed by atoms with E-state index in [1.54, 1.807) is 19.2 Å². The summed E-state index contributed by atoms with van der Waals surface area (Å²) in [6, 6.07) is 22.1. The van der Waals surface area contributed by atoms with Gasteiger partial charge in [-0.1, -0.05) is 48.5 Å². The number of methoxy groups -OCH3 is 1. The number of amides is 2. The first-order valence-corrected chi connectivity index (χ1v) is 8.99. The molecule has 4 heteroatoms. The number of hydrogen-bond acceptors (Lipinski definition) is 3. The average Bonchev–Trinajstić information content (AvgIpc) is 2.73. The summed E-state index contributed by atoms with van der Waals surface area (Å²) in [7, 11) is 1.61. The van der Waals surface area contributed by atoms with Gasteiger partial charge >= 0.3 is 0 Å². The lowest BCUT2D eigenvalue weighted by atomic mass is 9.91. The summed E-state index contributed by atoms with van der Waals surface area (Å²) in [5, 5.41) is 0. The van der Waals surface area contributed by atoms with Gasteiger partial charge in [-0.15, -0.1) is 0 Å². The zero-order chi connectivity index (χ0) is 19.7. The van der Waals surface area contributed by atoms with Crippen molar-refractivity contribution in [3.63, 3.8) is 0 Å². The molecule has 1 aliphatic rings. The summed E-state index contributed by atoms with van der Waals surface area (Å²) in [4.78, 5) is 27.8. The largest absolute Gasteiger partial charge is 0.497 e. The van der Waals surface area contributed by atoms with Crippen LogP contribution in [0.15, 0.2) is 72.8 Å². The lowest BCUT2D eigenvalue weighted by Crippen LogP contribution is -2.42. The lowest BCUT2D eigenvalue weighted by Gasteiger charge is -2.29. The molecule has 0 bridgehead atoms. The van der Waals surface area contributed by atoms with Gasteiger partial charge in [0.25, 0.3) is 11.8 Å². The highest BCUT2D eigenvalue weighted by molar-refractivity contribution is 6.43. The second-order valence-electron chi connectivity index (χ2n) is 6.61. The Morgan fingerprint density at radius 2 is 1.43 bits per heavy atom. The Morgan fingerprint density at radius 3 is 2.11 bits per heavy atom. The SMILES string of the molecule is COc1ccc(/C=C2\C(=O)N(c3ccccc3C)C(=O)c3ccccc32)cc1. The van der Waals surface area contributed by atoms with E-state index in [9.17, 15) is 9.59 Å². The summed E-state index contributed by atoms with van der Waals surface area (Å²) >= 11 is 0. The average molecular weight is 369 g/mol. The third-order valence-electron chi connectivity index (χ3n) is 4.87. The predicted molar refractivity (Wildman–Crippen MR) is 110 cm³/mol. The second kappa shape index (κ2) is 7.16. The molecule has 28 heavy (non-hydrogen) atoms. The fourth-order valence-corrected chi connectivity index (χ4v) is 3.39. The smallest absolute Gasteiger partial charge is 0.265 e. The molecule has 4 nitrogen and oxygen atoms in total. The van der Waals surface area contributed by atoms with Gasteiger partial charge < -0.3 is 4.74 Å². The highest BCUT2D eigenvalue weighted by Gasteiger charge is 2.36. The summed E-state index contributed by atoms with van der Waals surface area (Å²) < 4.78 is 5.20. The number of fused-ring (bicyclic) bond motifs is 1. The van der Waals surface area contributed by atoms with Crippen LogP contribution < -0.4 is 9.64 Å². The molecular formula is C24H19NO3. The molecule has 0 saturated carbocycles. The molecule has 0 aromatic heterocycles. The van der Waals surface area contributed by atoms with Crippen molar-refractivity contribution >= 4 is 29.2 Å². The Hall–Kier alpha value is -3.66. The quantitative estimate of drug-likeness (QED) is 0.495. The van der Waals surface area contributed by atoms with Gasteiger partial charge in [0.1, 0.15) is 5.75 Å². The minimum absolute atomic E-state index is 0.304. The van der Waals surface area contributed by atoms with Crippen molar-refractivity contribution in [2.24, 2.45) is 0 Å². The molecule has 0 N–H and O–H groups in total. The van der Waals surface area contributed by atoms with Crippen LogP contribution in [0, 0.1) is 6.92 Å². The van der Waals surface area contributed by atoms with Crippen molar-refractivity contribution in [2.45, 2.75) is 6.92 Å². The van der Waals surface area contributed by atoms with Crippen LogP contribution in [0.2, 0.25) is 0 Å². The number of ether oxygens (including phenoxy) is 1. The van der Waals surface area contributed by atoms with Crippen LogP contribution >= 0.6 is 0 Å². The molecule has 0 aliphatic carbocycles. The Bertz CT molecular complexity index is 1100. The Balaban J connectivity index is 1.88. The van der Waals surface area contributed by atoms with E-state index >= 15 is 0 Å². The number of benzene rings is 3. The number of rotatable bonds is 3. The minimum Gasteiger partial charge on any atom is -0.497 e. The van der Waals surface area contributed by atoms with E-state index in [-0.39, 0.29) is 11.8 Å². The normalized spacial score (nSPS) is 14.9. The van der Waals surface area contributed by atoms with E-state index in [4.69, 9.17) is 4.74 Å². The predicted octanol–water partition coefficient (Wildman–Crippen LogP) is 4.73. The molecule has 0 unspecified atom stereocenters. The maximum Gasteiger partial charge on any atom is 0.265 e. The van der Waals surface area contributed by atoms with Crippen LogP contribution in [0.5, 0.6) is 5.75 Å². The van der Waals surface area contributed by atoms with E-state index < -0.39 is 0 Å². The van der Waals surface area contributed by atoms with E-state index in [2.05, 4.69) is 0 Å². The molecule has 1 heterocycles. The van der Waals surface area contributed by atoms with Crippen LogP contribution in [0.3, 0.4) is 0 Å². The van der Waals surface area contributed by atoms with E-state index in [0.717, 1.165) is 16.9 Å². The van der Waals surface area contributed by atoms with Crippen molar-refractivity contribution in [1.29, 1.82) is 0 Å². The number of para-hydroxylation sites is 1. The molecule has 3 aromatic carbocycles. The molecule has 2 amide bonds. The molecule has 4 rings (SSSR count). The number of hydrogen-bond donors (Lipinski definition) is 0. The van der Waals surface area contributed by atoms with Gasteiger partial charge in [-0.05, 0) is 54.0 Å². The number of nitrogens with zero attached hydrogens (tertiary/aromatic N) is 1. The fraction of sp³-hybridized carbons (Fsp3) is 0.0833. The number of anilines is 1. The molecule has 3 aromatic rings. The summed E-state index contributed by atoms with van der Waals surface area (Å²) in [6.07, 6.45) is 1.82. The topological polar surface area (TPSA) is 46.6 Å². The van der Waals surface area contributed by atoms with Crippen LogP contribution in [0.4, 0.5) is 5.69 Å². The summed E-state index contributed by atoms with van der Waals surface area (Å²) in [5.74, 6) is 0.116. The van der Waals surface area contributed by atoms with Gasteiger partial charge in [0.2, 0.25) is 0 Å². The van der Waals surface area contributed by atoms with Crippen LogP contribution in [0.25, 0.3) is 11.6 Å². The number of carbonyl (C=O) groups excluding carboxylic acids is 2. The van der Waals surface area contributed by atoms with Crippen molar-refractivity contribution in [3.8, 4) is 5.75 Å². The van der Waals surface area contributed by atoms with Gasteiger partial charge in [-0.2, -0.15) is 0 Å². The fourth-order valence-electron chi connectivity index (χ4n) is 3.39. The third-order valence-corrected chi connectivity index (χ3v) is 4.87. The lowest BCUT2D eigenvalue weighted by molar-refractivity contribution is -0.112. The Labute approximate surface area is 163 Å². The van der Waals surface area contributed by atoms with Gasteiger partial charge in [0.05, 0.1) is 12.8 Å². The Kier molecular flexibility index (Phi) is 4.53. The van der Waals surface area contributed by atoms with Crippen LogP contribution in [0.1, 0.15) is 27.0 Å². The summed E-state index contributed by atoms with van der Waals surface area (Å²) in [5.41, 5.74) is 3.99. The molecular weight excluding hydrogens is 350 g/mol. The number of imide groups is 1. The molecule has 138 valence electrons. The van der Waals surface area contributed by atoms with Crippen molar-refractivity contribution in [2.75, 3.05) is 12.0 Å². The minimum atomic E-state index is -0.325. The Morgan fingerprint density at radius 1 is 0.786 bits per heavy atom. The van der Waals surface area contributed by atoms with Gasteiger partial charge in [0.15, 0.2) is 0 Å². The zero-order valence-electron chi connectivity index (χ0n) is 15.7. The van der Waals surface area contributed by atoms with Crippen molar-refractivity contribution in [1.82, 2.24) is 0 Å². The number of carbonyl (C=O) groups is 2. The van der Waals surface area contributed by atoms with E-state index in [1.165, 1.54) is 4.90 Å². The van der Waals surface area contributed by atoms with Crippen LogP contribution in [-0.4, -0.2) is 18.9 Å². The van der Waals surface area contributed by atoms with Gasteiger partial charge in [-0.3, -0.25) is 9.59 Å².